The molecular weight excluding hydrogens is 298 g/mol. The quantitative estimate of drug-likeness (QED) is 0.569. The number of halogens is 3. The standard InChI is InChI=1S/C7H5Cl2IO/c1-11-5-3-2-4(8)7(10)6(5)9/h2-3H,1H3. The van der Waals surface area contributed by atoms with Gasteiger partial charge in [0.1, 0.15) is 5.75 Å². The molecule has 0 aliphatic rings. The van der Waals surface area contributed by atoms with Crippen molar-refractivity contribution in [2.75, 3.05) is 7.11 Å². The minimum Gasteiger partial charge on any atom is -0.495 e. The van der Waals surface area contributed by atoms with Crippen LogP contribution in [0.2, 0.25) is 10.0 Å². The van der Waals surface area contributed by atoms with E-state index in [9.17, 15) is 0 Å². The van der Waals surface area contributed by atoms with Crippen molar-refractivity contribution in [3.63, 3.8) is 0 Å². The minimum absolute atomic E-state index is 0.570. The number of hydrogen-bond donors (Lipinski definition) is 0. The molecule has 1 rings (SSSR count). The summed E-state index contributed by atoms with van der Waals surface area (Å²) in [6.45, 7) is 0. The van der Waals surface area contributed by atoms with E-state index in [4.69, 9.17) is 27.9 Å². The lowest BCUT2D eigenvalue weighted by Crippen LogP contribution is -1.86. The second kappa shape index (κ2) is 3.83. The minimum atomic E-state index is 0.570. The maximum absolute atomic E-state index is 5.88. The Morgan fingerprint density at radius 3 is 2.55 bits per heavy atom. The van der Waals surface area contributed by atoms with Crippen LogP contribution in [0.3, 0.4) is 0 Å². The van der Waals surface area contributed by atoms with E-state index in [2.05, 4.69) is 22.6 Å². The van der Waals surface area contributed by atoms with E-state index in [0.717, 1.165) is 3.57 Å². The first-order chi connectivity index (χ1) is 5.16. The Morgan fingerprint density at radius 2 is 2.00 bits per heavy atom. The van der Waals surface area contributed by atoms with Gasteiger partial charge in [-0.25, -0.2) is 0 Å². The van der Waals surface area contributed by atoms with Crippen LogP contribution < -0.4 is 4.74 Å². The number of ether oxygens (including phenoxy) is 1. The van der Waals surface area contributed by atoms with E-state index in [1.807, 2.05) is 0 Å². The maximum atomic E-state index is 5.88. The fraction of sp³-hybridized carbons (Fsp3) is 0.143. The van der Waals surface area contributed by atoms with Crippen LogP contribution in [0.4, 0.5) is 0 Å². The summed E-state index contributed by atoms with van der Waals surface area (Å²) in [7, 11) is 1.57. The average molecular weight is 303 g/mol. The summed E-state index contributed by atoms with van der Waals surface area (Å²) in [6, 6.07) is 3.50. The van der Waals surface area contributed by atoms with Gasteiger partial charge in [-0.1, -0.05) is 23.2 Å². The second-order valence-electron chi connectivity index (χ2n) is 1.88. The molecule has 1 aromatic rings. The summed E-state index contributed by atoms with van der Waals surface area (Å²) in [5.41, 5.74) is 0. The molecule has 0 saturated carbocycles. The van der Waals surface area contributed by atoms with Crippen LogP contribution in [0.5, 0.6) is 5.75 Å². The Labute approximate surface area is 88.8 Å². The molecule has 60 valence electrons. The predicted octanol–water partition coefficient (Wildman–Crippen LogP) is 3.61. The predicted molar refractivity (Wildman–Crippen MR) is 55.7 cm³/mol. The van der Waals surface area contributed by atoms with Crippen LogP contribution in [0.1, 0.15) is 0 Å². The Hall–Kier alpha value is 0.330. The van der Waals surface area contributed by atoms with E-state index in [1.165, 1.54) is 0 Å². The molecule has 4 heteroatoms. The van der Waals surface area contributed by atoms with Gasteiger partial charge in [0.05, 0.1) is 20.7 Å². The van der Waals surface area contributed by atoms with E-state index < -0.39 is 0 Å². The zero-order valence-corrected chi connectivity index (χ0v) is 9.37. The summed E-state index contributed by atoms with van der Waals surface area (Å²) in [4.78, 5) is 0. The number of methoxy groups -OCH3 is 1. The van der Waals surface area contributed by atoms with Crippen molar-refractivity contribution >= 4 is 45.8 Å². The zero-order chi connectivity index (χ0) is 8.43. The van der Waals surface area contributed by atoms with Gasteiger partial charge in [0.15, 0.2) is 0 Å². The largest absolute Gasteiger partial charge is 0.495 e. The molecule has 0 spiro atoms. The molecule has 0 aromatic heterocycles. The van der Waals surface area contributed by atoms with Crippen LogP contribution in [0.25, 0.3) is 0 Å². The van der Waals surface area contributed by atoms with Crippen molar-refractivity contribution < 1.29 is 4.74 Å². The summed E-state index contributed by atoms with van der Waals surface area (Å²) in [6.07, 6.45) is 0. The van der Waals surface area contributed by atoms with Gasteiger partial charge in [0.2, 0.25) is 0 Å². The highest BCUT2D eigenvalue weighted by molar-refractivity contribution is 14.1. The maximum Gasteiger partial charge on any atom is 0.138 e. The van der Waals surface area contributed by atoms with Crippen LogP contribution in [-0.4, -0.2) is 7.11 Å². The molecule has 0 unspecified atom stereocenters. The molecule has 11 heavy (non-hydrogen) atoms. The monoisotopic (exact) mass is 302 g/mol. The Kier molecular flexibility index (Phi) is 3.28. The first kappa shape index (κ1) is 9.42. The third-order valence-corrected chi connectivity index (χ3v) is 3.67. The van der Waals surface area contributed by atoms with Crippen LogP contribution in [0, 0.1) is 3.57 Å². The lowest BCUT2D eigenvalue weighted by Gasteiger charge is -2.04. The lowest BCUT2D eigenvalue weighted by molar-refractivity contribution is 0.414. The van der Waals surface area contributed by atoms with Gasteiger partial charge in [-0.2, -0.15) is 0 Å². The van der Waals surface area contributed by atoms with Crippen LogP contribution >= 0.6 is 45.8 Å². The Morgan fingerprint density at radius 1 is 1.36 bits per heavy atom. The smallest absolute Gasteiger partial charge is 0.138 e. The molecule has 0 radical (unpaired) electrons. The fourth-order valence-electron chi connectivity index (χ4n) is 0.666. The molecule has 0 fully saturated rings. The first-order valence-electron chi connectivity index (χ1n) is 2.84. The van der Waals surface area contributed by atoms with Gasteiger partial charge >= 0.3 is 0 Å². The van der Waals surface area contributed by atoms with Crippen LogP contribution in [-0.2, 0) is 0 Å². The molecule has 1 nitrogen and oxygen atoms in total. The number of benzene rings is 1. The Bertz CT molecular complexity index is 275. The van der Waals surface area contributed by atoms with Gasteiger partial charge in [0.25, 0.3) is 0 Å². The van der Waals surface area contributed by atoms with E-state index in [1.54, 1.807) is 19.2 Å². The summed E-state index contributed by atoms with van der Waals surface area (Å²) in [5, 5.41) is 1.22. The highest BCUT2D eigenvalue weighted by atomic mass is 127. The average Bonchev–Trinajstić information content (AvgIpc) is 2.01. The van der Waals surface area contributed by atoms with Gasteiger partial charge in [0, 0.05) is 0 Å². The second-order valence-corrected chi connectivity index (χ2v) is 3.74. The summed E-state index contributed by atoms with van der Waals surface area (Å²) < 4.78 is 5.81. The van der Waals surface area contributed by atoms with Crippen molar-refractivity contribution in [3.8, 4) is 5.75 Å². The van der Waals surface area contributed by atoms with Crippen LogP contribution in [0.15, 0.2) is 12.1 Å². The summed E-state index contributed by atoms with van der Waals surface area (Å²) >= 11 is 13.8. The molecule has 1 aromatic carbocycles. The first-order valence-corrected chi connectivity index (χ1v) is 4.67. The van der Waals surface area contributed by atoms with E-state index in [-0.39, 0.29) is 0 Å². The third kappa shape index (κ3) is 1.92. The zero-order valence-electron chi connectivity index (χ0n) is 5.70. The van der Waals surface area contributed by atoms with Crippen molar-refractivity contribution in [3.05, 3.63) is 25.7 Å². The molecule has 0 aliphatic heterocycles. The topological polar surface area (TPSA) is 9.23 Å². The van der Waals surface area contributed by atoms with Gasteiger partial charge in [-0.3, -0.25) is 0 Å². The summed E-state index contributed by atoms with van der Waals surface area (Å²) in [5.74, 6) is 0.653. The lowest BCUT2D eigenvalue weighted by atomic mass is 10.3. The molecule has 0 N–H and O–H groups in total. The van der Waals surface area contributed by atoms with E-state index in [0.29, 0.717) is 15.8 Å². The van der Waals surface area contributed by atoms with Crippen molar-refractivity contribution in [1.29, 1.82) is 0 Å². The van der Waals surface area contributed by atoms with Crippen molar-refractivity contribution in [2.45, 2.75) is 0 Å². The Balaban J connectivity index is 3.25. The number of hydrogen-bond acceptors (Lipinski definition) is 1. The van der Waals surface area contributed by atoms with E-state index >= 15 is 0 Å². The molecule has 0 heterocycles. The van der Waals surface area contributed by atoms with Crippen molar-refractivity contribution in [2.24, 2.45) is 0 Å². The molecular formula is C7H5Cl2IO. The highest BCUT2D eigenvalue weighted by Crippen LogP contribution is 2.33. The van der Waals surface area contributed by atoms with Gasteiger partial charge < -0.3 is 4.74 Å². The molecule has 0 amide bonds. The third-order valence-electron chi connectivity index (χ3n) is 1.22. The van der Waals surface area contributed by atoms with Gasteiger partial charge in [-0.05, 0) is 34.7 Å². The fourth-order valence-corrected chi connectivity index (χ4v) is 1.56. The van der Waals surface area contributed by atoms with Crippen molar-refractivity contribution in [1.82, 2.24) is 0 Å². The van der Waals surface area contributed by atoms with Gasteiger partial charge in [-0.15, -0.1) is 0 Å². The molecule has 0 saturated heterocycles. The molecule has 0 aliphatic carbocycles. The SMILES string of the molecule is COc1ccc(Cl)c(I)c1Cl. The molecule has 0 atom stereocenters. The molecule has 0 bridgehead atoms. The normalized spacial score (nSPS) is 9.82. The highest BCUT2D eigenvalue weighted by Gasteiger charge is 2.07. The number of rotatable bonds is 1.